The van der Waals surface area contributed by atoms with Crippen LogP contribution in [0.4, 0.5) is 0 Å². The Balaban J connectivity index is 0.000000753. The molecule has 0 radical (unpaired) electrons. The number of aliphatic carboxylic acids is 1. The maximum Gasteiger partial charge on any atom is 0.303 e. The number of aliphatic hydroxyl groups is 2. The van der Waals surface area contributed by atoms with Crippen LogP contribution in [0.3, 0.4) is 0 Å². The number of ketones is 1. The molecule has 0 saturated carbocycles. The number of phenolic OH excluding ortho intramolecular Hbond substituents is 1. The highest BCUT2D eigenvalue weighted by Gasteiger charge is 2.41. The molecule has 1 aromatic heterocycles. The molecule has 760 valence electrons. The van der Waals surface area contributed by atoms with Crippen molar-refractivity contribution >= 4 is 117 Å². The van der Waals surface area contributed by atoms with Crippen LogP contribution < -0.4 is 97.4 Å². The lowest BCUT2D eigenvalue weighted by atomic mass is 10.0. The van der Waals surface area contributed by atoms with Gasteiger partial charge in [0.05, 0.1) is 31.8 Å². The second-order valence-corrected chi connectivity index (χ2v) is 34.6. The predicted molar refractivity (Wildman–Crippen MR) is 514 cm³/mol. The largest absolute Gasteiger partial charge is 0.508 e. The number of para-hydroxylation sites is 1. The first-order valence-corrected chi connectivity index (χ1v) is 47.6. The van der Waals surface area contributed by atoms with Crippen molar-refractivity contribution in [2.45, 2.75) is 300 Å². The first-order chi connectivity index (χ1) is 65.5. The van der Waals surface area contributed by atoms with Crippen molar-refractivity contribution in [3.63, 3.8) is 0 Å². The van der Waals surface area contributed by atoms with Crippen LogP contribution in [0.1, 0.15) is 225 Å². The highest BCUT2D eigenvalue weighted by atomic mass is 16.4. The van der Waals surface area contributed by atoms with Crippen LogP contribution >= 0.6 is 0 Å². The van der Waals surface area contributed by atoms with E-state index in [1.807, 2.05) is 30.5 Å². The number of unbranched alkanes of at least 4 members (excludes halogenated alkanes) is 11. The van der Waals surface area contributed by atoms with E-state index < -0.39 is 175 Å². The Morgan fingerprint density at radius 2 is 0.971 bits per heavy atom. The average molecular weight is 1920 g/mol. The Bertz CT molecular complexity index is 4530. The highest BCUT2D eigenvalue weighted by molar-refractivity contribution is 6.00. The summed E-state index contributed by atoms with van der Waals surface area (Å²) in [6.45, 7) is 8.90. The number of aliphatic imine (C=N–C) groups is 1. The van der Waals surface area contributed by atoms with Crippen molar-refractivity contribution in [3.8, 4) is 5.75 Å². The van der Waals surface area contributed by atoms with Crippen LogP contribution in [0.25, 0.3) is 10.9 Å². The summed E-state index contributed by atoms with van der Waals surface area (Å²) in [6, 6.07) is 6.95. The highest BCUT2D eigenvalue weighted by Crippen LogP contribution is 2.24. The van der Waals surface area contributed by atoms with Crippen LogP contribution in [0.15, 0.2) is 90.1 Å². The first-order valence-electron chi connectivity index (χ1n) is 47.6. The van der Waals surface area contributed by atoms with Gasteiger partial charge in [0, 0.05) is 82.3 Å². The number of phenols is 1. The molecule has 42 nitrogen and oxygen atoms in total. The van der Waals surface area contributed by atoms with Crippen molar-refractivity contribution in [1.82, 2.24) is 84.3 Å². The van der Waals surface area contributed by atoms with Gasteiger partial charge in [-0.3, -0.25) is 86.5 Å². The van der Waals surface area contributed by atoms with E-state index in [-0.39, 0.29) is 106 Å². The number of aromatic hydroxyl groups is 1. The maximum absolute atomic E-state index is 14.2. The fourth-order valence-electron chi connectivity index (χ4n) is 15.3. The molecule has 0 aliphatic carbocycles. The summed E-state index contributed by atoms with van der Waals surface area (Å²) >= 11 is 0. The van der Waals surface area contributed by atoms with Gasteiger partial charge in [0.25, 0.3) is 0 Å². The number of rotatable bonds is 66. The normalized spacial score (nSPS) is 14.6. The SMILES string of the molecule is CCCCCCCCCCCC(=O)NCCC(=O)NCCCC[C@H](NC(C)=O)C(=O)NC(Cc1ccc(O)cc1)C(=O)N[C@@H](CO)C(=O)N[C@@H](CCCC)C(=O)N[C@@H](CCC(=O)O)C(=O)NC(CO)C(=O)N[C@H](Cc1ccccc1)C(=O)N[C@@H](CCCN=C(N)N)C(C)=O.CN[C@@H](Cc1c[nH]c2ccccc12)C(=O)NCC(=O)N[C@@H](CCCCN)C(=O)N1CCC[C@H]1C(=O)N[C@H](C(N)=O)C(C)C. The summed E-state index contributed by atoms with van der Waals surface area (Å²) in [6.07, 6.45) is 15.8. The molecule has 1 saturated heterocycles. The van der Waals surface area contributed by atoms with Gasteiger partial charge in [-0.2, -0.15) is 0 Å². The molecule has 15 amide bonds. The molecule has 1 fully saturated rings. The van der Waals surface area contributed by atoms with Crippen LogP contribution in [-0.2, 0) is 101 Å². The second-order valence-electron chi connectivity index (χ2n) is 34.6. The Morgan fingerprint density at radius 3 is 1.53 bits per heavy atom. The number of carboxylic acids is 1. The number of aromatic amines is 1. The van der Waals surface area contributed by atoms with Crippen LogP contribution in [-0.4, -0.2) is 269 Å². The minimum absolute atomic E-state index is 0.0641. The van der Waals surface area contributed by atoms with Gasteiger partial charge in [0.1, 0.15) is 66.2 Å². The van der Waals surface area contributed by atoms with Crippen LogP contribution in [0.2, 0.25) is 0 Å². The number of guanidine groups is 1. The third kappa shape index (κ3) is 45.2. The Kier molecular flexibility index (Phi) is 55.4. The number of aromatic nitrogens is 1. The lowest BCUT2D eigenvalue weighted by Gasteiger charge is -2.30. The smallest absolute Gasteiger partial charge is 0.303 e. The van der Waals surface area contributed by atoms with E-state index in [0.717, 1.165) is 42.1 Å². The number of nitrogens with two attached hydrogens (primary N) is 4. The fourth-order valence-corrected chi connectivity index (χ4v) is 15.3. The van der Waals surface area contributed by atoms with Gasteiger partial charge in [-0.25, -0.2) is 0 Å². The quantitative estimate of drug-likeness (QED) is 0.0159. The topological polar surface area (TPSA) is 675 Å². The molecular weight excluding hydrogens is 1770 g/mol. The molecule has 0 spiro atoms. The number of H-pyrrole nitrogens is 1. The number of hydrogen-bond acceptors (Lipinski definition) is 23. The number of likely N-dealkylation sites (N-methyl/N-ethyl adjacent to an activating group) is 1. The van der Waals surface area contributed by atoms with Gasteiger partial charge in [-0.15, -0.1) is 0 Å². The van der Waals surface area contributed by atoms with Crippen molar-refractivity contribution in [2.24, 2.45) is 33.8 Å². The van der Waals surface area contributed by atoms with Gasteiger partial charge in [0.15, 0.2) is 11.7 Å². The number of fused-ring (bicyclic) bond motifs is 1. The Morgan fingerprint density at radius 1 is 0.474 bits per heavy atom. The Hall–Kier alpha value is -12.7. The van der Waals surface area contributed by atoms with Crippen LogP contribution in [0.5, 0.6) is 5.75 Å². The van der Waals surface area contributed by atoms with E-state index >= 15 is 0 Å². The number of carbonyl (C=O) groups excluding carboxylic acids is 16. The summed E-state index contributed by atoms with van der Waals surface area (Å²) in [5.74, 6) is -12.5. The zero-order valence-electron chi connectivity index (χ0n) is 80.2. The molecule has 2 unspecified atom stereocenters. The maximum atomic E-state index is 14.2. The third-order valence-electron chi connectivity index (χ3n) is 23.1. The zero-order chi connectivity index (χ0) is 101. The van der Waals surface area contributed by atoms with E-state index in [4.69, 9.17) is 22.9 Å². The molecule has 12 atom stereocenters. The molecule has 42 heteroatoms. The molecule has 1 aliphatic rings. The average Bonchev–Trinajstić information content (AvgIpc) is 1.68. The van der Waals surface area contributed by atoms with E-state index in [1.165, 1.54) is 75.1 Å². The number of likely N-dealkylation sites (tertiary alicyclic amines) is 1. The number of hydrogen-bond donors (Lipinski definition) is 23. The van der Waals surface area contributed by atoms with Gasteiger partial charge < -0.3 is 128 Å². The predicted octanol–water partition coefficient (Wildman–Crippen LogP) is 0.117. The zero-order valence-corrected chi connectivity index (χ0v) is 80.2. The molecule has 3 aromatic carbocycles. The van der Waals surface area contributed by atoms with Gasteiger partial charge in [0.2, 0.25) is 88.6 Å². The van der Waals surface area contributed by atoms with Crippen molar-refractivity contribution in [2.75, 3.05) is 59.5 Å². The van der Waals surface area contributed by atoms with Crippen molar-refractivity contribution in [1.29, 1.82) is 0 Å². The number of nitrogens with zero attached hydrogens (tertiary/aromatic N) is 2. The van der Waals surface area contributed by atoms with Gasteiger partial charge in [-0.05, 0) is 151 Å². The lowest BCUT2D eigenvalue weighted by molar-refractivity contribution is -0.142. The lowest BCUT2D eigenvalue weighted by Crippen LogP contribution is -2.61. The van der Waals surface area contributed by atoms with Gasteiger partial charge >= 0.3 is 5.97 Å². The number of benzene rings is 3. The number of carboxylic acid groups (broad SMARTS) is 1. The van der Waals surface area contributed by atoms with Crippen LogP contribution in [0, 0.1) is 5.92 Å². The summed E-state index contributed by atoms with van der Waals surface area (Å²) < 4.78 is 0. The van der Waals surface area contributed by atoms with Crippen molar-refractivity contribution < 1.29 is 102 Å². The second kappa shape index (κ2) is 65.1. The molecular formula is C95H149N21O21. The monoisotopic (exact) mass is 1920 g/mol. The minimum Gasteiger partial charge on any atom is -0.508 e. The van der Waals surface area contributed by atoms with Crippen molar-refractivity contribution in [3.05, 3.63) is 102 Å². The fraction of sp³-hybridized carbons (Fsp3) is 0.600. The standard InChI is InChI=1S/C65H103N13O16.C30H46N8O5/c1-5-7-9-10-11-12-13-14-18-27-55(84)69-37-34-56(85)68-35-20-19-25-48(71-43(4)82)58(88)75-52(39-45-28-30-46(83)31-29-45)62(92)78-53(40-79)63(93)73-49(24-8-6-2)59(89)74-50(32-33-57(86)87)60(90)77-54(41-80)64(94)76-51(38-44-22-16-15-17-23-44)61(91)72-47(42(3)81)26-21-36-70-65(66)67;1-18(2)26(27(32)40)37-29(42)24-12-8-14-38(24)30(43)22(11-6-7-13-31)36-25(39)17-35-28(41)23(33-3)15-19-16-34-21-10-5-4-9-20(19)21/h15-17,22-23,28-31,47-54,79-80,83H,5-14,18-21,24-27,32-41H2,1-4H3,(H,68,85)(H,69,84)(H,71,82)(H,72,91)(H,73,93)(H,74,89)(H,75,88)(H,76,94)(H,77,90)(H,78,92)(H,86,87)(H4,66,67,70);4-5,9-10,16,18,22-24,26,33-34H,6-8,11-15,17,31H2,1-3H3,(H2,32,40)(H,35,41)(H,36,39)(H,37,42)/t47-,48-,49-,50-,51+,52?,53-,54?;22-,23-,24-,26-/m00/s1. The summed E-state index contributed by atoms with van der Waals surface area (Å²) in [5.41, 5.74) is 24.9. The molecule has 27 N–H and O–H groups in total. The van der Waals surface area contributed by atoms with Gasteiger partial charge in [-0.1, -0.05) is 153 Å². The molecule has 5 rings (SSSR count). The third-order valence-corrected chi connectivity index (χ3v) is 23.1. The number of carbonyl (C=O) groups is 17. The molecule has 2 heterocycles. The number of Topliss-reactive ketones (excluding diaryl/α,β-unsaturated/α-hetero) is 1. The number of nitrogens with one attached hydrogen (secondary N) is 15. The minimum atomic E-state index is -1.79. The molecule has 4 aromatic rings. The number of primary amides is 1. The first kappa shape index (κ1) is 117. The Labute approximate surface area is 800 Å². The number of amides is 15. The summed E-state index contributed by atoms with van der Waals surface area (Å²) in [4.78, 5) is 232. The molecule has 1 aliphatic heterocycles. The molecule has 137 heavy (non-hydrogen) atoms. The summed E-state index contributed by atoms with van der Waals surface area (Å²) in [5, 5.41) is 78.1. The van der Waals surface area contributed by atoms with E-state index in [2.05, 4.69) is 91.3 Å². The van der Waals surface area contributed by atoms with E-state index in [1.54, 1.807) is 58.2 Å². The van der Waals surface area contributed by atoms with E-state index in [9.17, 15) is 102 Å². The van der Waals surface area contributed by atoms with E-state index in [0.29, 0.717) is 101 Å². The summed E-state index contributed by atoms with van der Waals surface area (Å²) in [7, 11) is 1.68. The number of aliphatic hydroxyl groups excluding tert-OH is 2. The molecule has 0 bridgehead atoms.